The monoisotopic (exact) mass is 432 g/mol. The fourth-order valence-electron chi connectivity index (χ4n) is 7.29. The normalized spacial score (nSPS) is 16.4. The van der Waals surface area contributed by atoms with E-state index < -0.39 is 0 Å². The van der Waals surface area contributed by atoms with Gasteiger partial charge in [0.15, 0.2) is 0 Å². The average Bonchev–Trinajstić information content (AvgIpc) is 3.43. The van der Waals surface area contributed by atoms with Crippen LogP contribution in [-0.2, 0) is 10.8 Å². The van der Waals surface area contributed by atoms with E-state index in [0.717, 1.165) is 0 Å². The van der Waals surface area contributed by atoms with Crippen molar-refractivity contribution in [2.75, 3.05) is 0 Å². The smallest absolute Gasteiger partial charge is 0.0619 e. The Bertz CT molecular complexity index is 1640. The number of fused-ring (bicyclic) bond motifs is 13. The zero-order valence-electron chi connectivity index (χ0n) is 19.4. The third-order valence-electron chi connectivity index (χ3n) is 8.70. The molecule has 1 spiro atoms. The highest BCUT2D eigenvalue weighted by Gasteiger charge is 2.52. The molecule has 8 rings (SSSR count). The lowest BCUT2D eigenvalue weighted by Crippen LogP contribution is -2.26. The summed E-state index contributed by atoms with van der Waals surface area (Å²) in [5.41, 5.74) is 16.5. The molecule has 0 aliphatic heterocycles. The summed E-state index contributed by atoms with van der Waals surface area (Å²) in [7, 11) is 0. The van der Waals surface area contributed by atoms with Gasteiger partial charge in [-0.15, -0.1) is 0 Å². The fraction of sp³-hybridized carbons (Fsp3) is 0.118. The van der Waals surface area contributed by atoms with Gasteiger partial charge in [0.1, 0.15) is 0 Å². The van der Waals surface area contributed by atoms with Crippen molar-refractivity contribution in [3.8, 4) is 33.4 Å². The van der Waals surface area contributed by atoms with Crippen molar-refractivity contribution >= 4 is 0 Å². The summed E-state index contributed by atoms with van der Waals surface area (Å²) in [6.07, 6.45) is 0. The van der Waals surface area contributed by atoms with E-state index in [4.69, 9.17) is 0 Å². The van der Waals surface area contributed by atoms with E-state index in [9.17, 15) is 0 Å². The second-order valence-electron chi connectivity index (χ2n) is 10.5. The molecule has 3 aliphatic carbocycles. The van der Waals surface area contributed by atoms with Gasteiger partial charge in [-0.05, 0) is 78.9 Å². The molecule has 0 fully saturated rings. The van der Waals surface area contributed by atoms with E-state index in [0.29, 0.717) is 0 Å². The second kappa shape index (κ2) is 5.96. The zero-order valence-corrected chi connectivity index (χ0v) is 19.4. The summed E-state index contributed by atoms with van der Waals surface area (Å²) in [6.45, 7) is 4.75. The van der Waals surface area contributed by atoms with Gasteiger partial charge in [0.25, 0.3) is 0 Å². The summed E-state index contributed by atoms with van der Waals surface area (Å²) in [6, 6.07) is 41.2. The highest BCUT2D eigenvalue weighted by Crippen LogP contribution is 2.64. The van der Waals surface area contributed by atoms with E-state index in [1.54, 1.807) is 0 Å². The molecule has 0 unspecified atom stereocenters. The predicted octanol–water partition coefficient (Wildman–Crippen LogP) is 8.34. The fourth-order valence-corrected chi connectivity index (χ4v) is 7.29. The van der Waals surface area contributed by atoms with E-state index in [1.807, 2.05) is 0 Å². The van der Waals surface area contributed by atoms with Gasteiger partial charge in [0.05, 0.1) is 5.41 Å². The van der Waals surface area contributed by atoms with Crippen molar-refractivity contribution in [2.24, 2.45) is 0 Å². The van der Waals surface area contributed by atoms with Crippen LogP contribution < -0.4 is 0 Å². The van der Waals surface area contributed by atoms with Gasteiger partial charge >= 0.3 is 0 Å². The summed E-state index contributed by atoms with van der Waals surface area (Å²) in [5, 5.41) is 0. The molecule has 0 saturated heterocycles. The lowest BCUT2D eigenvalue weighted by Gasteiger charge is -2.31. The van der Waals surface area contributed by atoms with Gasteiger partial charge in [-0.3, -0.25) is 0 Å². The molecule has 0 aromatic heterocycles. The lowest BCUT2D eigenvalue weighted by molar-refractivity contribution is 0.660. The standard InChI is InChI=1S/C34H24/c1-33(2)27-15-7-3-13-23(27)25-20-32-26(19-31(25)33)24-14-6-10-18-30(24)34(32)28-16-8-4-11-21(28)22-12-5-9-17-29(22)34/h3-20H,1-2H3. The molecule has 0 radical (unpaired) electrons. The molecule has 0 heterocycles. The molecular formula is C34H24. The zero-order chi connectivity index (χ0) is 22.7. The first kappa shape index (κ1) is 18.5. The molecular weight excluding hydrogens is 408 g/mol. The first-order chi connectivity index (χ1) is 16.6. The third-order valence-corrected chi connectivity index (χ3v) is 8.70. The van der Waals surface area contributed by atoms with E-state index in [1.165, 1.54) is 66.8 Å². The molecule has 0 atom stereocenters. The molecule has 0 N–H and O–H groups in total. The topological polar surface area (TPSA) is 0 Å². The molecule has 3 aliphatic rings. The second-order valence-corrected chi connectivity index (χ2v) is 10.5. The predicted molar refractivity (Wildman–Crippen MR) is 140 cm³/mol. The van der Waals surface area contributed by atoms with E-state index in [-0.39, 0.29) is 10.8 Å². The van der Waals surface area contributed by atoms with Gasteiger partial charge in [-0.2, -0.15) is 0 Å². The molecule has 5 aromatic carbocycles. The van der Waals surface area contributed by atoms with Crippen molar-refractivity contribution in [1.82, 2.24) is 0 Å². The van der Waals surface area contributed by atoms with E-state index >= 15 is 0 Å². The van der Waals surface area contributed by atoms with Crippen LogP contribution in [0, 0.1) is 0 Å². The minimum atomic E-state index is -0.268. The molecule has 160 valence electrons. The molecule has 0 saturated carbocycles. The SMILES string of the molecule is CC1(C)c2ccccc2-c2cc3c(cc21)-c1ccccc1C31c2ccccc2-c2ccccc21. The Balaban J connectivity index is 1.57. The molecule has 0 amide bonds. The van der Waals surface area contributed by atoms with Crippen LogP contribution in [0.25, 0.3) is 33.4 Å². The van der Waals surface area contributed by atoms with Gasteiger partial charge in [-0.1, -0.05) is 111 Å². The molecule has 34 heavy (non-hydrogen) atoms. The quantitative estimate of drug-likeness (QED) is 0.226. The van der Waals surface area contributed by atoms with Crippen LogP contribution in [0.1, 0.15) is 47.2 Å². The number of hydrogen-bond donors (Lipinski definition) is 0. The summed E-state index contributed by atoms with van der Waals surface area (Å²) in [4.78, 5) is 0. The Labute approximate surface area is 200 Å². The minimum Gasteiger partial charge on any atom is -0.0619 e. The largest absolute Gasteiger partial charge is 0.0725 e. The highest BCUT2D eigenvalue weighted by molar-refractivity contribution is 5.97. The Morgan fingerprint density at radius 2 is 0.706 bits per heavy atom. The molecule has 0 bridgehead atoms. The van der Waals surface area contributed by atoms with Crippen molar-refractivity contribution < 1.29 is 0 Å². The minimum absolute atomic E-state index is 0.00283. The van der Waals surface area contributed by atoms with Crippen LogP contribution in [-0.4, -0.2) is 0 Å². The van der Waals surface area contributed by atoms with Crippen molar-refractivity contribution in [3.05, 3.63) is 143 Å². The van der Waals surface area contributed by atoms with Gasteiger partial charge in [0, 0.05) is 5.41 Å². The first-order valence-corrected chi connectivity index (χ1v) is 12.2. The first-order valence-electron chi connectivity index (χ1n) is 12.2. The summed E-state index contributed by atoms with van der Waals surface area (Å²) < 4.78 is 0. The van der Waals surface area contributed by atoms with Crippen LogP contribution >= 0.6 is 0 Å². The number of benzene rings is 5. The highest BCUT2D eigenvalue weighted by atomic mass is 14.5. The van der Waals surface area contributed by atoms with Gasteiger partial charge in [-0.25, -0.2) is 0 Å². The number of rotatable bonds is 0. The molecule has 0 nitrogen and oxygen atoms in total. The molecule has 5 aromatic rings. The Kier molecular flexibility index (Phi) is 3.25. The summed E-state index contributed by atoms with van der Waals surface area (Å²) >= 11 is 0. The van der Waals surface area contributed by atoms with Crippen LogP contribution in [0.4, 0.5) is 0 Å². The van der Waals surface area contributed by atoms with Crippen molar-refractivity contribution in [3.63, 3.8) is 0 Å². The van der Waals surface area contributed by atoms with Gasteiger partial charge < -0.3 is 0 Å². The lowest BCUT2D eigenvalue weighted by atomic mass is 9.70. The maximum Gasteiger partial charge on any atom is 0.0725 e. The van der Waals surface area contributed by atoms with Crippen LogP contribution in [0.2, 0.25) is 0 Å². The van der Waals surface area contributed by atoms with Crippen molar-refractivity contribution in [2.45, 2.75) is 24.7 Å². The Morgan fingerprint density at radius 3 is 1.24 bits per heavy atom. The average molecular weight is 433 g/mol. The van der Waals surface area contributed by atoms with E-state index in [2.05, 4.69) is 123 Å². The van der Waals surface area contributed by atoms with Crippen molar-refractivity contribution in [1.29, 1.82) is 0 Å². The maximum atomic E-state index is 2.54. The third kappa shape index (κ3) is 1.90. The molecule has 0 heteroatoms. The van der Waals surface area contributed by atoms with Crippen LogP contribution in [0.5, 0.6) is 0 Å². The van der Waals surface area contributed by atoms with Gasteiger partial charge in [0.2, 0.25) is 0 Å². The Hall–Kier alpha value is -3.90. The van der Waals surface area contributed by atoms with Crippen LogP contribution in [0.15, 0.2) is 109 Å². The number of hydrogen-bond acceptors (Lipinski definition) is 0. The maximum absolute atomic E-state index is 2.54. The Morgan fingerprint density at radius 1 is 0.353 bits per heavy atom. The van der Waals surface area contributed by atoms with Crippen LogP contribution in [0.3, 0.4) is 0 Å². The summed E-state index contributed by atoms with van der Waals surface area (Å²) in [5.74, 6) is 0.